The lowest BCUT2D eigenvalue weighted by atomic mass is 10.2. The molecule has 0 saturated heterocycles. The molecule has 5 heteroatoms. The van der Waals surface area contributed by atoms with Crippen molar-refractivity contribution in [1.82, 2.24) is 4.90 Å². The van der Waals surface area contributed by atoms with Crippen LogP contribution in [-0.4, -0.2) is 32.1 Å². The Morgan fingerprint density at radius 3 is 2.48 bits per heavy atom. The number of hydrogen-bond donors (Lipinski definition) is 1. The maximum absolute atomic E-state index is 5.97. The summed E-state index contributed by atoms with van der Waals surface area (Å²) >= 11 is 7.58. The van der Waals surface area contributed by atoms with Gasteiger partial charge in [0.05, 0.1) is 10.4 Å². The first-order valence-electron chi connectivity index (χ1n) is 6.94. The van der Waals surface area contributed by atoms with E-state index in [-0.39, 0.29) is 6.04 Å². The Kier molecular flexibility index (Phi) is 5.91. The molecule has 1 atom stereocenters. The van der Waals surface area contributed by atoms with E-state index in [2.05, 4.69) is 23.2 Å². The van der Waals surface area contributed by atoms with E-state index in [1.165, 1.54) is 4.88 Å². The lowest BCUT2D eigenvalue weighted by Gasteiger charge is -2.15. The van der Waals surface area contributed by atoms with Gasteiger partial charge in [-0.05, 0) is 57.4 Å². The smallest absolute Gasteiger partial charge is 0.119 e. The molecule has 1 N–H and O–H groups in total. The summed E-state index contributed by atoms with van der Waals surface area (Å²) in [6.07, 6.45) is 0. The third kappa shape index (κ3) is 5.23. The van der Waals surface area contributed by atoms with Crippen LogP contribution in [0.15, 0.2) is 36.4 Å². The first-order valence-corrected chi connectivity index (χ1v) is 8.13. The number of halogens is 1. The number of ether oxygens (including phenoxy) is 1. The van der Waals surface area contributed by atoms with Gasteiger partial charge in [0.2, 0.25) is 0 Å². The van der Waals surface area contributed by atoms with E-state index >= 15 is 0 Å². The second kappa shape index (κ2) is 7.69. The van der Waals surface area contributed by atoms with Crippen LogP contribution in [0.1, 0.15) is 17.8 Å². The van der Waals surface area contributed by atoms with Gasteiger partial charge in [-0.2, -0.15) is 0 Å². The topological polar surface area (TPSA) is 24.5 Å². The molecule has 114 valence electrons. The van der Waals surface area contributed by atoms with Gasteiger partial charge in [0.25, 0.3) is 0 Å². The zero-order valence-electron chi connectivity index (χ0n) is 12.6. The quantitative estimate of drug-likeness (QED) is 0.810. The van der Waals surface area contributed by atoms with Gasteiger partial charge in [0.15, 0.2) is 0 Å². The van der Waals surface area contributed by atoms with E-state index in [1.807, 2.05) is 44.4 Å². The fraction of sp³-hybridized carbons (Fsp3) is 0.375. The summed E-state index contributed by atoms with van der Waals surface area (Å²) in [6, 6.07) is 12.3. The van der Waals surface area contributed by atoms with Gasteiger partial charge in [-0.1, -0.05) is 11.6 Å². The molecule has 1 aromatic carbocycles. The normalized spacial score (nSPS) is 12.4. The van der Waals surface area contributed by atoms with Crippen molar-refractivity contribution in [2.24, 2.45) is 0 Å². The van der Waals surface area contributed by atoms with Gasteiger partial charge in [-0.15, -0.1) is 11.3 Å². The van der Waals surface area contributed by atoms with Gasteiger partial charge in [0.1, 0.15) is 12.4 Å². The van der Waals surface area contributed by atoms with Crippen molar-refractivity contribution in [3.8, 4) is 5.75 Å². The molecule has 2 aromatic rings. The van der Waals surface area contributed by atoms with Crippen LogP contribution >= 0.6 is 22.9 Å². The number of benzene rings is 1. The summed E-state index contributed by atoms with van der Waals surface area (Å²) in [5.41, 5.74) is 1.08. The Bertz CT molecular complexity index is 554. The van der Waals surface area contributed by atoms with Crippen LogP contribution in [0.4, 0.5) is 5.69 Å². The van der Waals surface area contributed by atoms with E-state index in [9.17, 15) is 0 Å². The molecule has 0 fully saturated rings. The highest BCUT2D eigenvalue weighted by atomic mass is 35.5. The minimum Gasteiger partial charge on any atom is -0.492 e. The number of likely N-dealkylation sites (N-methyl/N-ethyl adjacent to an activating group) is 1. The molecule has 1 aromatic heterocycles. The van der Waals surface area contributed by atoms with E-state index in [4.69, 9.17) is 16.3 Å². The number of nitrogens with zero attached hydrogens (tertiary/aromatic N) is 1. The number of anilines is 1. The second-order valence-corrected chi connectivity index (χ2v) is 6.93. The SMILES string of the molecule is CC(Nc1ccc(OCCN(C)C)cc1)c1ccc(Cl)s1. The lowest BCUT2D eigenvalue weighted by Crippen LogP contribution is -2.19. The average Bonchev–Trinajstić information content (AvgIpc) is 2.87. The molecule has 21 heavy (non-hydrogen) atoms. The molecule has 0 aliphatic heterocycles. The monoisotopic (exact) mass is 324 g/mol. The summed E-state index contributed by atoms with van der Waals surface area (Å²) in [5.74, 6) is 0.897. The molecule has 2 rings (SSSR count). The standard InChI is InChI=1S/C16H21ClN2OS/c1-12(15-8-9-16(17)21-15)18-13-4-6-14(7-5-13)20-11-10-19(2)3/h4-9,12,18H,10-11H2,1-3H3. The summed E-state index contributed by atoms with van der Waals surface area (Å²) in [7, 11) is 4.07. The van der Waals surface area contributed by atoms with E-state index in [1.54, 1.807) is 11.3 Å². The van der Waals surface area contributed by atoms with Crippen molar-refractivity contribution >= 4 is 28.6 Å². The molecular weight excluding hydrogens is 304 g/mol. The van der Waals surface area contributed by atoms with E-state index in [0.717, 1.165) is 22.3 Å². The van der Waals surface area contributed by atoms with Gasteiger partial charge in [0, 0.05) is 17.1 Å². The molecule has 0 radical (unpaired) electrons. The van der Waals surface area contributed by atoms with Crippen molar-refractivity contribution in [3.63, 3.8) is 0 Å². The van der Waals surface area contributed by atoms with Crippen LogP contribution in [0.2, 0.25) is 4.34 Å². The van der Waals surface area contributed by atoms with Gasteiger partial charge in [-0.3, -0.25) is 0 Å². The molecular formula is C16H21ClN2OS. The Labute approximate surface area is 135 Å². The minimum atomic E-state index is 0.239. The number of hydrogen-bond acceptors (Lipinski definition) is 4. The Balaban J connectivity index is 1.87. The lowest BCUT2D eigenvalue weighted by molar-refractivity contribution is 0.261. The Morgan fingerprint density at radius 1 is 1.19 bits per heavy atom. The highest BCUT2D eigenvalue weighted by molar-refractivity contribution is 7.16. The average molecular weight is 325 g/mol. The molecule has 0 saturated carbocycles. The number of thiophene rings is 1. The third-order valence-corrected chi connectivity index (χ3v) is 4.48. The summed E-state index contributed by atoms with van der Waals surface area (Å²) in [5, 5.41) is 3.46. The second-order valence-electron chi connectivity index (χ2n) is 5.18. The van der Waals surface area contributed by atoms with Crippen LogP contribution < -0.4 is 10.1 Å². The van der Waals surface area contributed by atoms with Crippen LogP contribution in [0, 0.1) is 0 Å². The molecule has 0 aliphatic carbocycles. The van der Waals surface area contributed by atoms with Gasteiger partial charge in [-0.25, -0.2) is 0 Å². The van der Waals surface area contributed by atoms with E-state index in [0.29, 0.717) is 6.61 Å². The molecule has 0 aliphatic rings. The highest BCUT2D eigenvalue weighted by Gasteiger charge is 2.08. The fourth-order valence-corrected chi connectivity index (χ4v) is 2.94. The number of nitrogens with one attached hydrogen (secondary N) is 1. The Hall–Kier alpha value is -1.23. The summed E-state index contributed by atoms with van der Waals surface area (Å²) in [6.45, 7) is 3.74. The number of rotatable bonds is 7. The van der Waals surface area contributed by atoms with Crippen LogP contribution in [0.3, 0.4) is 0 Å². The predicted molar refractivity (Wildman–Crippen MR) is 91.9 cm³/mol. The largest absolute Gasteiger partial charge is 0.492 e. The molecule has 1 heterocycles. The molecule has 3 nitrogen and oxygen atoms in total. The van der Waals surface area contributed by atoms with Crippen LogP contribution in [0.25, 0.3) is 0 Å². The predicted octanol–water partition coefficient (Wildman–Crippen LogP) is 4.52. The maximum atomic E-state index is 5.97. The van der Waals surface area contributed by atoms with Crippen molar-refractivity contribution in [1.29, 1.82) is 0 Å². The summed E-state index contributed by atoms with van der Waals surface area (Å²) in [4.78, 5) is 3.33. The molecule has 0 amide bonds. The zero-order chi connectivity index (χ0) is 15.2. The molecule has 0 bridgehead atoms. The third-order valence-electron chi connectivity index (χ3n) is 3.07. The van der Waals surface area contributed by atoms with Crippen molar-refractivity contribution in [3.05, 3.63) is 45.6 Å². The molecule has 1 unspecified atom stereocenters. The minimum absolute atomic E-state index is 0.239. The van der Waals surface area contributed by atoms with Crippen molar-refractivity contribution < 1.29 is 4.74 Å². The first-order chi connectivity index (χ1) is 10.0. The van der Waals surface area contributed by atoms with Gasteiger partial charge >= 0.3 is 0 Å². The fourth-order valence-electron chi connectivity index (χ4n) is 1.88. The summed E-state index contributed by atoms with van der Waals surface area (Å²) < 4.78 is 6.50. The first kappa shape index (κ1) is 16.1. The van der Waals surface area contributed by atoms with E-state index < -0.39 is 0 Å². The van der Waals surface area contributed by atoms with Crippen molar-refractivity contribution in [2.45, 2.75) is 13.0 Å². The zero-order valence-corrected chi connectivity index (χ0v) is 14.2. The maximum Gasteiger partial charge on any atom is 0.119 e. The van der Waals surface area contributed by atoms with Crippen molar-refractivity contribution in [2.75, 3.05) is 32.6 Å². The molecule has 0 spiro atoms. The van der Waals surface area contributed by atoms with Crippen LogP contribution in [0.5, 0.6) is 5.75 Å². The van der Waals surface area contributed by atoms with Gasteiger partial charge < -0.3 is 15.0 Å². The van der Waals surface area contributed by atoms with Crippen LogP contribution in [-0.2, 0) is 0 Å². The Morgan fingerprint density at radius 2 is 1.90 bits per heavy atom. The highest BCUT2D eigenvalue weighted by Crippen LogP contribution is 2.29.